The van der Waals surface area contributed by atoms with Crippen LogP contribution in [0.3, 0.4) is 0 Å². The maximum absolute atomic E-state index is 14.5. The minimum atomic E-state index is -0.802. The lowest BCUT2D eigenvalue weighted by molar-refractivity contribution is -0.135. The van der Waals surface area contributed by atoms with Gasteiger partial charge in [-0.05, 0) is 84.8 Å². The summed E-state index contributed by atoms with van der Waals surface area (Å²) in [6.07, 6.45) is 2.48. The molecule has 3 aliphatic heterocycles. The van der Waals surface area contributed by atoms with Crippen LogP contribution in [0, 0.1) is 5.82 Å². The fourth-order valence-corrected chi connectivity index (χ4v) is 5.29. The molecule has 9 heteroatoms. The zero-order chi connectivity index (χ0) is 27.1. The molecule has 3 N–H and O–H groups in total. The van der Waals surface area contributed by atoms with Crippen LogP contribution in [0.15, 0.2) is 54.6 Å². The summed E-state index contributed by atoms with van der Waals surface area (Å²) in [4.78, 5) is 28.1. The Hall–Kier alpha value is -4.11. The summed E-state index contributed by atoms with van der Waals surface area (Å²) in [7, 11) is 1.57. The number of halogens is 1. The van der Waals surface area contributed by atoms with E-state index in [-0.39, 0.29) is 17.5 Å². The molecule has 1 fully saturated rings. The molecule has 1 saturated carbocycles. The molecule has 8 nitrogen and oxygen atoms in total. The summed E-state index contributed by atoms with van der Waals surface area (Å²) in [5.74, 6) is 0.814. The first-order chi connectivity index (χ1) is 18.9. The molecule has 1 unspecified atom stereocenters. The van der Waals surface area contributed by atoms with Crippen molar-refractivity contribution in [2.24, 2.45) is 5.73 Å². The van der Waals surface area contributed by atoms with Crippen LogP contribution < -0.4 is 25.3 Å². The van der Waals surface area contributed by atoms with E-state index in [9.17, 15) is 14.0 Å². The molecular weight excluding hydrogens is 501 g/mol. The Morgan fingerprint density at radius 2 is 1.92 bits per heavy atom. The maximum Gasteiger partial charge on any atom is 0.254 e. The Kier molecular flexibility index (Phi) is 6.38. The standard InChI is InChI=1S/C30H30FN3O5/c1-37-25-8-3-19-16-26(25)38-14-2-12-33-28(35)23-17-21(5-7-24(23)31)39-20-4-6-22-18(15-20)9-13-34(27(19)22)29(36)30(32)10-11-30/h3-8,15-17,27H,2,9-14,32H2,1H3,(H,33,35). The number of nitrogens with two attached hydrogens (primary N) is 1. The number of carbonyl (C=O) groups is 2. The quantitative estimate of drug-likeness (QED) is 0.516. The van der Waals surface area contributed by atoms with Crippen LogP contribution in [0.25, 0.3) is 0 Å². The third kappa shape index (κ3) is 4.78. The highest BCUT2D eigenvalue weighted by atomic mass is 19.1. The summed E-state index contributed by atoms with van der Waals surface area (Å²) < 4.78 is 32.1. The Morgan fingerprint density at radius 1 is 1.13 bits per heavy atom. The second-order valence-corrected chi connectivity index (χ2v) is 10.3. The zero-order valence-corrected chi connectivity index (χ0v) is 21.7. The van der Waals surface area contributed by atoms with Gasteiger partial charge < -0.3 is 30.2 Å². The van der Waals surface area contributed by atoms with Crippen molar-refractivity contribution in [1.82, 2.24) is 10.2 Å². The average Bonchev–Trinajstić information content (AvgIpc) is 3.70. The molecule has 7 rings (SSSR count). The molecule has 4 aliphatic rings. The topological polar surface area (TPSA) is 103 Å². The molecule has 0 spiro atoms. The molecule has 0 saturated heterocycles. The molecule has 1 aliphatic carbocycles. The molecule has 3 aromatic carbocycles. The molecule has 8 bridgehead atoms. The van der Waals surface area contributed by atoms with Crippen molar-refractivity contribution < 1.29 is 28.2 Å². The Labute approximate surface area is 225 Å². The molecule has 202 valence electrons. The molecule has 3 aromatic rings. The van der Waals surface area contributed by atoms with Crippen molar-refractivity contribution in [2.75, 3.05) is 26.8 Å². The van der Waals surface area contributed by atoms with E-state index in [1.165, 1.54) is 18.2 Å². The third-order valence-corrected chi connectivity index (χ3v) is 7.60. The summed E-state index contributed by atoms with van der Waals surface area (Å²) in [5, 5.41) is 2.74. The first kappa shape index (κ1) is 25.2. The van der Waals surface area contributed by atoms with E-state index in [0.717, 1.165) is 16.7 Å². The van der Waals surface area contributed by atoms with Gasteiger partial charge in [-0.25, -0.2) is 4.39 Å². The predicted molar refractivity (Wildman–Crippen MR) is 142 cm³/mol. The number of ether oxygens (including phenoxy) is 3. The van der Waals surface area contributed by atoms with E-state index in [1.807, 2.05) is 41.3 Å². The number of methoxy groups -OCH3 is 1. The highest BCUT2D eigenvalue weighted by Crippen LogP contribution is 2.44. The van der Waals surface area contributed by atoms with Crippen molar-refractivity contribution in [3.05, 3.63) is 82.7 Å². The number of rotatable bonds is 2. The summed E-state index contributed by atoms with van der Waals surface area (Å²) in [5.41, 5.74) is 8.37. The Balaban J connectivity index is 1.45. The fourth-order valence-electron chi connectivity index (χ4n) is 5.29. The van der Waals surface area contributed by atoms with Gasteiger partial charge in [0.05, 0.1) is 30.9 Å². The van der Waals surface area contributed by atoms with E-state index >= 15 is 0 Å². The molecule has 1 atom stereocenters. The first-order valence-electron chi connectivity index (χ1n) is 13.2. The molecular formula is C30H30FN3O5. The van der Waals surface area contributed by atoms with Gasteiger partial charge in [-0.3, -0.25) is 9.59 Å². The smallest absolute Gasteiger partial charge is 0.254 e. The fraction of sp³-hybridized carbons (Fsp3) is 0.333. The average molecular weight is 532 g/mol. The van der Waals surface area contributed by atoms with Crippen LogP contribution in [0.1, 0.15) is 52.4 Å². The van der Waals surface area contributed by atoms with Gasteiger partial charge in [0.2, 0.25) is 5.91 Å². The van der Waals surface area contributed by atoms with E-state index in [0.29, 0.717) is 68.4 Å². The van der Waals surface area contributed by atoms with E-state index in [4.69, 9.17) is 19.9 Å². The minimum Gasteiger partial charge on any atom is -0.493 e. The van der Waals surface area contributed by atoms with Crippen molar-refractivity contribution in [2.45, 2.75) is 37.3 Å². The largest absolute Gasteiger partial charge is 0.493 e. The molecule has 2 amide bonds. The molecule has 0 aromatic heterocycles. The van der Waals surface area contributed by atoms with E-state index in [1.54, 1.807) is 7.11 Å². The number of nitrogens with one attached hydrogen (secondary N) is 1. The number of nitrogens with zero attached hydrogens (tertiary/aromatic N) is 1. The molecule has 0 radical (unpaired) electrons. The molecule has 39 heavy (non-hydrogen) atoms. The maximum atomic E-state index is 14.5. The summed E-state index contributed by atoms with van der Waals surface area (Å²) >= 11 is 0. The van der Waals surface area contributed by atoms with Crippen LogP contribution in [0.2, 0.25) is 0 Å². The van der Waals surface area contributed by atoms with Crippen LogP contribution in [0.5, 0.6) is 23.0 Å². The predicted octanol–water partition coefficient (Wildman–Crippen LogP) is 4.10. The van der Waals surface area contributed by atoms with Gasteiger partial charge in [0.25, 0.3) is 5.91 Å². The van der Waals surface area contributed by atoms with Crippen LogP contribution in [0.4, 0.5) is 4.39 Å². The Bertz CT molecular complexity index is 1450. The normalized spacial score (nSPS) is 19.6. The number of amides is 2. The lowest BCUT2D eigenvalue weighted by Gasteiger charge is -2.39. The van der Waals surface area contributed by atoms with Crippen molar-refractivity contribution in [1.29, 1.82) is 0 Å². The highest BCUT2D eigenvalue weighted by Gasteiger charge is 2.50. The monoisotopic (exact) mass is 531 g/mol. The van der Waals surface area contributed by atoms with E-state index in [2.05, 4.69) is 5.32 Å². The lowest BCUT2D eigenvalue weighted by Crippen LogP contribution is -2.49. The second-order valence-electron chi connectivity index (χ2n) is 10.3. The molecule has 3 heterocycles. The summed E-state index contributed by atoms with van der Waals surface area (Å²) in [6, 6.07) is 15.2. The minimum absolute atomic E-state index is 0.0477. The van der Waals surface area contributed by atoms with Gasteiger partial charge in [-0.15, -0.1) is 0 Å². The van der Waals surface area contributed by atoms with Gasteiger partial charge in [0, 0.05) is 13.1 Å². The van der Waals surface area contributed by atoms with Gasteiger partial charge in [-0.2, -0.15) is 0 Å². The van der Waals surface area contributed by atoms with Gasteiger partial charge >= 0.3 is 0 Å². The first-order valence-corrected chi connectivity index (χ1v) is 13.2. The number of carbonyl (C=O) groups excluding carboxylic acids is 2. The lowest BCUT2D eigenvalue weighted by atomic mass is 9.87. The van der Waals surface area contributed by atoms with Gasteiger partial charge in [-0.1, -0.05) is 12.1 Å². The van der Waals surface area contributed by atoms with E-state index < -0.39 is 17.3 Å². The van der Waals surface area contributed by atoms with Crippen molar-refractivity contribution in [3.8, 4) is 23.0 Å². The zero-order valence-electron chi connectivity index (χ0n) is 21.7. The number of hydrogen-bond donors (Lipinski definition) is 2. The number of fused-ring (bicyclic) bond motifs is 6. The van der Waals surface area contributed by atoms with Crippen molar-refractivity contribution in [3.63, 3.8) is 0 Å². The highest BCUT2D eigenvalue weighted by molar-refractivity contribution is 5.95. The number of hydrogen-bond acceptors (Lipinski definition) is 6. The van der Waals surface area contributed by atoms with Gasteiger partial charge in [0.15, 0.2) is 11.5 Å². The van der Waals surface area contributed by atoms with Crippen molar-refractivity contribution >= 4 is 11.8 Å². The Morgan fingerprint density at radius 3 is 2.72 bits per heavy atom. The SMILES string of the molecule is COc1ccc2cc1OCCCNC(=O)c1cc(ccc1F)Oc1ccc3c(c1)CCN(C(=O)C1(N)CC1)C23. The third-order valence-electron chi connectivity index (χ3n) is 7.60. The van der Waals surface area contributed by atoms with Crippen LogP contribution in [-0.2, 0) is 11.2 Å². The number of benzene rings is 3. The van der Waals surface area contributed by atoms with Gasteiger partial charge in [0.1, 0.15) is 17.3 Å². The second kappa shape index (κ2) is 9.89. The van der Waals surface area contributed by atoms with Crippen LogP contribution >= 0.6 is 0 Å². The summed E-state index contributed by atoms with van der Waals surface area (Å²) in [6.45, 7) is 1.09. The van der Waals surface area contributed by atoms with Crippen LogP contribution in [-0.4, -0.2) is 49.1 Å².